The SMILES string of the molecule is CCCCC(CC)CNCc1c[nH]c2cc(Cl)ccc12. The van der Waals surface area contributed by atoms with Gasteiger partial charge >= 0.3 is 0 Å². The third-order valence-electron chi connectivity index (χ3n) is 4.02. The quantitative estimate of drug-likeness (QED) is 0.694. The first-order chi connectivity index (χ1) is 9.74. The van der Waals surface area contributed by atoms with Crippen LogP contribution in [-0.2, 0) is 6.54 Å². The van der Waals surface area contributed by atoms with E-state index in [9.17, 15) is 0 Å². The second-order valence-electron chi connectivity index (χ2n) is 5.55. The lowest BCUT2D eigenvalue weighted by atomic mass is 9.99. The highest BCUT2D eigenvalue weighted by atomic mass is 35.5. The topological polar surface area (TPSA) is 27.8 Å². The van der Waals surface area contributed by atoms with Crippen molar-refractivity contribution in [2.24, 2.45) is 5.92 Å². The van der Waals surface area contributed by atoms with Crippen molar-refractivity contribution in [3.63, 3.8) is 0 Å². The summed E-state index contributed by atoms with van der Waals surface area (Å²) in [4.78, 5) is 3.29. The van der Waals surface area contributed by atoms with Crippen molar-refractivity contribution in [1.82, 2.24) is 10.3 Å². The zero-order valence-electron chi connectivity index (χ0n) is 12.5. The minimum atomic E-state index is 0.782. The molecule has 1 aromatic heterocycles. The van der Waals surface area contributed by atoms with Crippen molar-refractivity contribution in [2.45, 2.75) is 46.1 Å². The summed E-state index contributed by atoms with van der Waals surface area (Å²) in [7, 11) is 0. The fraction of sp³-hybridized carbons (Fsp3) is 0.529. The van der Waals surface area contributed by atoms with Crippen molar-refractivity contribution in [3.8, 4) is 0 Å². The molecule has 0 radical (unpaired) electrons. The van der Waals surface area contributed by atoms with E-state index in [1.165, 1.54) is 36.6 Å². The molecule has 0 aliphatic rings. The molecule has 2 rings (SSSR count). The Balaban J connectivity index is 1.89. The first-order valence-corrected chi connectivity index (χ1v) is 8.08. The van der Waals surface area contributed by atoms with Crippen LogP contribution < -0.4 is 5.32 Å². The Morgan fingerprint density at radius 2 is 2.15 bits per heavy atom. The molecule has 0 amide bonds. The minimum absolute atomic E-state index is 0.782. The van der Waals surface area contributed by atoms with Gasteiger partial charge in [-0.05, 0) is 36.6 Å². The van der Waals surface area contributed by atoms with Crippen LogP contribution in [0.3, 0.4) is 0 Å². The van der Waals surface area contributed by atoms with Crippen LogP contribution in [0.4, 0.5) is 0 Å². The molecule has 0 aliphatic heterocycles. The van der Waals surface area contributed by atoms with E-state index in [1.807, 2.05) is 12.1 Å². The molecule has 0 spiro atoms. The highest BCUT2D eigenvalue weighted by Crippen LogP contribution is 2.22. The molecule has 1 unspecified atom stereocenters. The number of H-pyrrole nitrogens is 1. The molecular weight excluding hydrogens is 268 g/mol. The number of hydrogen-bond donors (Lipinski definition) is 2. The molecule has 2 nitrogen and oxygen atoms in total. The molecule has 0 saturated heterocycles. The summed E-state index contributed by atoms with van der Waals surface area (Å²) in [6.45, 7) is 6.58. The van der Waals surface area contributed by atoms with Gasteiger partial charge < -0.3 is 10.3 Å². The van der Waals surface area contributed by atoms with E-state index >= 15 is 0 Å². The number of aromatic amines is 1. The highest BCUT2D eigenvalue weighted by Gasteiger charge is 2.07. The number of aromatic nitrogens is 1. The van der Waals surface area contributed by atoms with Gasteiger partial charge in [-0.25, -0.2) is 0 Å². The summed E-state index contributed by atoms with van der Waals surface area (Å²) in [6.07, 6.45) is 7.31. The zero-order valence-corrected chi connectivity index (χ0v) is 13.3. The standard InChI is InChI=1S/C17H25ClN2/c1-3-5-6-13(4-2)10-19-11-14-12-20-17-9-15(18)7-8-16(14)17/h7-9,12-13,19-20H,3-6,10-11H2,1-2H3. The molecule has 0 bridgehead atoms. The minimum Gasteiger partial charge on any atom is -0.361 e. The third kappa shape index (κ3) is 4.00. The largest absolute Gasteiger partial charge is 0.361 e. The van der Waals surface area contributed by atoms with Gasteiger partial charge in [-0.15, -0.1) is 0 Å². The Morgan fingerprint density at radius 3 is 2.90 bits per heavy atom. The molecule has 0 saturated carbocycles. The molecule has 1 atom stereocenters. The summed E-state index contributed by atoms with van der Waals surface area (Å²) in [5.74, 6) is 0.801. The smallest absolute Gasteiger partial charge is 0.0472 e. The molecule has 2 aromatic rings. The maximum atomic E-state index is 6.01. The maximum Gasteiger partial charge on any atom is 0.0472 e. The fourth-order valence-corrected chi connectivity index (χ4v) is 2.83. The lowest BCUT2D eigenvalue weighted by Crippen LogP contribution is -2.22. The van der Waals surface area contributed by atoms with Crippen LogP contribution in [0.2, 0.25) is 5.02 Å². The molecule has 1 aromatic carbocycles. The summed E-state index contributed by atoms with van der Waals surface area (Å²) >= 11 is 6.01. The molecule has 1 heterocycles. The molecule has 20 heavy (non-hydrogen) atoms. The number of fused-ring (bicyclic) bond motifs is 1. The zero-order chi connectivity index (χ0) is 14.4. The van der Waals surface area contributed by atoms with Crippen molar-refractivity contribution in [3.05, 3.63) is 35.0 Å². The number of unbranched alkanes of at least 4 members (excludes halogenated alkanes) is 1. The lowest BCUT2D eigenvalue weighted by molar-refractivity contribution is 0.419. The monoisotopic (exact) mass is 292 g/mol. The van der Waals surface area contributed by atoms with Gasteiger partial charge in [0.1, 0.15) is 0 Å². The van der Waals surface area contributed by atoms with Crippen LogP contribution in [0, 0.1) is 5.92 Å². The van der Waals surface area contributed by atoms with Gasteiger partial charge in [0.05, 0.1) is 0 Å². The summed E-state index contributed by atoms with van der Waals surface area (Å²) < 4.78 is 0. The Morgan fingerprint density at radius 1 is 1.30 bits per heavy atom. The normalized spacial score (nSPS) is 12.9. The number of rotatable bonds is 8. The van der Waals surface area contributed by atoms with E-state index < -0.39 is 0 Å². The molecule has 0 fully saturated rings. The number of halogens is 1. The Bertz CT molecular complexity index is 533. The van der Waals surface area contributed by atoms with E-state index in [0.717, 1.165) is 29.5 Å². The molecule has 3 heteroatoms. The van der Waals surface area contributed by atoms with Crippen LogP contribution in [0.15, 0.2) is 24.4 Å². The van der Waals surface area contributed by atoms with Gasteiger partial charge in [0.2, 0.25) is 0 Å². The van der Waals surface area contributed by atoms with Crippen LogP contribution >= 0.6 is 11.6 Å². The van der Waals surface area contributed by atoms with Crippen LogP contribution in [0.5, 0.6) is 0 Å². The first kappa shape index (κ1) is 15.4. The van der Waals surface area contributed by atoms with Crippen LogP contribution in [0.25, 0.3) is 10.9 Å². The van der Waals surface area contributed by atoms with Gasteiger partial charge in [-0.1, -0.05) is 50.8 Å². The van der Waals surface area contributed by atoms with E-state index in [4.69, 9.17) is 11.6 Å². The predicted octanol–water partition coefficient (Wildman–Crippen LogP) is 5.13. The van der Waals surface area contributed by atoms with Gasteiger partial charge in [0.15, 0.2) is 0 Å². The number of nitrogens with one attached hydrogen (secondary N) is 2. The fourth-order valence-electron chi connectivity index (χ4n) is 2.66. The first-order valence-electron chi connectivity index (χ1n) is 7.70. The van der Waals surface area contributed by atoms with Gasteiger partial charge in [-0.2, -0.15) is 0 Å². The maximum absolute atomic E-state index is 6.01. The van der Waals surface area contributed by atoms with Crippen molar-refractivity contribution < 1.29 is 0 Å². The summed E-state index contributed by atoms with van der Waals surface area (Å²) in [6, 6.07) is 6.04. The second kappa shape index (κ2) is 7.70. The Labute approximate surface area is 126 Å². The predicted molar refractivity (Wildman–Crippen MR) is 88.3 cm³/mol. The molecule has 110 valence electrons. The summed E-state index contributed by atoms with van der Waals surface area (Å²) in [5, 5.41) is 5.65. The highest BCUT2D eigenvalue weighted by molar-refractivity contribution is 6.31. The van der Waals surface area contributed by atoms with E-state index in [1.54, 1.807) is 0 Å². The van der Waals surface area contributed by atoms with E-state index in [2.05, 4.69) is 36.4 Å². The van der Waals surface area contributed by atoms with Crippen LogP contribution in [-0.4, -0.2) is 11.5 Å². The Kier molecular flexibility index (Phi) is 5.93. The number of hydrogen-bond acceptors (Lipinski definition) is 1. The number of benzene rings is 1. The summed E-state index contributed by atoms with van der Waals surface area (Å²) in [5.41, 5.74) is 2.44. The van der Waals surface area contributed by atoms with Crippen molar-refractivity contribution in [1.29, 1.82) is 0 Å². The molecule has 2 N–H and O–H groups in total. The Hall–Kier alpha value is -0.990. The lowest BCUT2D eigenvalue weighted by Gasteiger charge is -2.15. The van der Waals surface area contributed by atoms with Gasteiger partial charge in [0, 0.05) is 28.7 Å². The third-order valence-corrected chi connectivity index (χ3v) is 4.26. The van der Waals surface area contributed by atoms with Crippen LogP contribution in [0.1, 0.15) is 45.1 Å². The average molecular weight is 293 g/mol. The molecular formula is C17H25ClN2. The molecule has 0 aliphatic carbocycles. The van der Waals surface area contributed by atoms with Gasteiger partial charge in [0.25, 0.3) is 0 Å². The van der Waals surface area contributed by atoms with Crippen molar-refractivity contribution in [2.75, 3.05) is 6.54 Å². The van der Waals surface area contributed by atoms with Gasteiger partial charge in [-0.3, -0.25) is 0 Å². The second-order valence-corrected chi connectivity index (χ2v) is 5.99. The van der Waals surface area contributed by atoms with E-state index in [-0.39, 0.29) is 0 Å². The van der Waals surface area contributed by atoms with Crippen molar-refractivity contribution >= 4 is 22.5 Å². The van der Waals surface area contributed by atoms with E-state index in [0.29, 0.717) is 0 Å². The average Bonchev–Trinajstić information content (AvgIpc) is 2.85.